The molecule has 2 atom stereocenters. The first kappa shape index (κ1) is 13.4. The van der Waals surface area contributed by atoms with Crippen LogP contribution in [0.3, 0.4) is 0 Å². The lowest BCUT2D eigenvalue weighted by atomic mass is 10.1. The van der Waals surface area contributed by atoms with Crippen LogP contribution in [0.4, 0.5) is 5.69 Å². The zero-order valence-corrected chi connectivity index (χ0v) is 11.7. The smallest absolute Gasteiger partial charge is 0.218 e. The minimum absolute atomic E-state index is 0.0599. The third-order valence-electron chi connectivity index (χ3n) is 3.41. The van der Waals surface area contributed by atoms with Gasteiger partial charge in [-0.2, -0.15) is 4.31 Å². The van der Waals surface area contributed by atoms with Crippen molar-refractivity contribution in [3.63, 3.8) is 0 Å². The maximum atomic E-state index is 12.3. The largest absolute Gasteiger partial charge is 0.399 e. The monoisotopic (exact) mass is 268 g/mol. The van der Waals surface area contributed by atoms with Crippen LogP contribution in [-0.2, 0) is 15.8 Å². The first-order chi connectivity index (χ1) is 8.38. The average molecular weight is 268 g/mol. The van der Waals surface area contributed by atoms with Crippen LogP contribution in [0, 0.1) is 5.92 Å². The van der Waals surface area contributed by atoms with Crippen molar-refractivity contribution < 1.29 is 8.42 Å². The van der Waals surface area contributed by atoms with Crippen molar-refractivity contribution in [3.05, 3.63) is 29.8 Å². The van der Waals surface area contributed by atoms with Crippen molar-refractivity contribution in [1.29, 1.82) is 0 Å². The predicted octanol–water partition coefficient (Wildman–Crippen LogP) is 1.83. The Morgan fingerprint density at radius 1 is 1.28 bits per heavy atom. The van der Waals surface area contributed by atoms with Crippen LogP contribution < -0.4 is 5.73 Å². The fourth-order valence-electron chi connectivity index (χ4n) is 2.56. The van der Waals surface area contributed by atoms with Gasteiger partial charge >= 0.3 is 0 Å². The van der Waals surface area contributed by atoms with Gasteiger partial charge in [-0.05, 0) is 37.0 Å². The van der Waals surface area contributed by atoms with Gasteiger partial charge in [0.15, 0.2) is 0 Å². The fraction of sp³-hybridized carbons (Fsp3) is 0.538. The second-order valence-electron chi connectivity index (χ2n) is 5.26. The number of sulfonamides is 1. The third-order valence-corrected chi connectivity index (χ3v) is 5.33. The molecule has 4 nitrogen and oxygen atoms in total. The molecule has 0 spiro atoms. The van der Waals surface area contributed by atoms with E-state index in [4.69, 9.17) is 5.73 Å². The van der Waals surface area contributed by atoms with Gasteiger partial charge in [0.1, 0.15) is 0 Å². The summed E-state index contributed by atoms with van der Waals surface area (Å²) >= 11 is 0. The highest BCUT2D eigenvalue weighted by molar-refractivity contribution is 7.88. The Balaban J connectivity index is 2.14. The Hall–Kier alpha value is -1.07. The summed E-state index contributed by atoms with van der Waals surface area (Å²) in [7, 11) is -3.22. The molecular formula is C13H20N2O2S. The first-order valence-corrected chi connectivity index (χ1v) is 7.83. The zero-order chi connectivity index (χ0) is 13.3. The van der Waals surface area contributed by atoms with Crippen molar-refractivity contribution in [2.24, 2.45) is 5.92 Å². The first-order valence-electron chi connectivity index (χ1n) is 6.22. The molecule has 5 heteroatoms. The molecule has 0 aliphatic carbocycles. The number of hydrogen-bond donors (Lipinski definition) is 1. The molecule has 0 radical (unpaired) electrons. The maximum Gasteiger partial charge on any atom is 0.218 e. The molecular weight excluding hydrogens is 248 g/mol. The van der Waals surface area contributed by atoms with E-state index in [9.17, 15) is 8.42 Å². The molecule has 0 amide bonds. The Kier molecular flexibility index (Phi) is 3.64. The number of nitrogen functional groups attached to an aromatic ring is 1. The lowest BCUT2D eigenvalue weighted by molar-refractivity contribution is 0.405. The van der Waals surface area contributed by atoms with E-state index in [1.165, 1.54) is 0 Å². The minimum atomic E-state index is -3.22. The van der Waals surface area contributed by atoms with E-state index in [1.54, 1.807) is 28.6 Å². The molecule has 1 aromatic rings. The number of hydrogen-bond acceptors (Lipinski definition) is 3. The molecule has 1 heterocycles. The normalized spacial score (nSPS) is 25.4. The van der Waals surface area contributed by atoms with Crippen LogP contribution >= 0.6 is 0 Å². The number of benzene rings is 1. The fourth-order valence-corrected chi connectivity index (χ4v) is 4.45. The number of anilines is 1. The van der Waals surface area contributed by atoms with E-state index in [1.807, 2.05) is 6.92 Å². The van der Waals surface area contributed by atoms with E-state index >= 15 is 0 Å². The Morgan fingerprint density at radius 2 is 1.89 bits per heavy atom. The van der Waals surface area contributed by atoms with Gasteiger partial charge in [-0.1, -0.05) is 19.1 Å². The van der Waals surface area contributed by atoms with Gasteiger partial charge in [-0.3, -0.25) is 0 Å². The van der Waals surface area contributed by atoms with Crippen molar-refractivity contribution in [2.45, 2.75) is 32.1 Å². The van der Waals surface area contributed by atoms with E-state index in [-0.39, 0.29) is 11.8 Å². The molecule has 100 valence electrons. The molecule has 1 saturated heterocycles. The van der Waals surface area contributed by atoms with Crippen molar-refractivity contribution >= 4 is 15.7 Å². The summed E-state index contributed by atoms with van der Waals surface area (Å²) < 4.78 is 26.3. The second kappa shape index (κ2) is 4.90. The van der Waals surface area contributed by atoms with Gasteiger partial charge in [-0.25, -0.2) is 8.42 Å². The van der Waals surface area contributed by atoms with Crippen molar-refractivity contribution in [2.75, 3.05) is 12.3 Å². The standard InChI is InChI=1S/C13H20N2O2S/c1-10-7-11(2)15(8-10)18(16,17)9-12-3-5-13(14)6-4-12/h3-6,10-11H,7-9,14H2,1-2H3. The summed E-state index contributed by atoms with van der Waals surface area (Å²) in [6, 6.07) is 7.13. The summed E-state index contributed by atoms with van der Waals surface area (Å²) in [5.74, 6) is 0.505. The predicted molar refractivity (Wildman–Crippen MR) is 73.4 cm³/mol. The summed E-state index contributed by atoms with van der Waals surface area (Å²) in [6.07, 6.45) is 0.945. The summed E-state index contributed by atoms with van der Waals surface area (Å²) in [5, 5.41) is 0. The SMILES string of the molecule is CC1CC(C)N(S(=O)(=O)Cc2ccc(N)cc2)C1. The number of nitrogens with two attached hydrogens (primary N) is 1. The van der Waals surface area contributed by atoms with Gasteiger partial charge < -0.3 is 5.73 Å². The van der Waals surface area contributed by atoms with Crippen molar-refractivity contribution in [3.8, 4) is 0 Å². The molecule has 1 aromatic carbocycles. The molecule has 1 aliphatic heterocycles. The van der Waals surface area contributed by atoms with Crippen LogP contribution in [0.15, 0.2) is 24.3 Å². The van der Waals surface area contributed by atoms with Gasteiger partial charge in [-0.15, -0.1) is 0 Å². The van der Waals surface area contributed by atoms with Crippen LogP contribution in [0.5, 0.6) is 0 Å². The van der Waals surface area contributed by atoms with Crippen LogP contribution in [0.2, 0.25) is 0 Å². The maximum absolute atomic E-state index is 12.3. The topological polar surface area (TPSA) is 63.4 Å². The van der Waals surface area contributed by atoms with E-state index in [0.717, 1.165) is 12.0 Å². The second-order valence-corrected chi connectivity index (χ2v) is 7.18. The molecule has 2 rings (SSSR count). The highest BCUT2D eigenvalue weighted by Gasteiger charge is 2.34. The Labute approximate surface area is 109 Å². The quantitative estimate of drug-likeness (QED) is 0.851. The van der Waals surface area contributed by atoms with Crippen LogP contribution in [-0.4, -0.2) is 25.3 Å². The zero-order valence-electron chi connectivity index (χ0n) is 10.8. The molecule has 1 aliphatic rings. The molecule has 18 heavy (non-hydrogen) atoms. The summed E-state index contributed by atoms with van der Waals surface area (Å²) in [6.45, 7) is 4.71. The third kappa shape index (κ3) is 2.84. The van der Waals surface area contributed by atoms with Crippen LogP contribution in [0.1, 0.15) is 25.8 Å². The Morgan fingerprint density at radius 3 is 2.39 bits per heavy atom. The van der Waals surface area contributed by atoms with Gasteiger partial charge in [0.05, 0.1) is 5.75 Å². The van der Waals surface area contributed by atoms with Gasteiger partial charge in [0, 0.05) is 18.3 Å². The lowest BCUT2D eigenvalue weighted by Gasteiger charge is -2.21. The van der Waals surface area contributed by atoms with E-state index < -0.39 is 10.0 Å². The van der Waals surface area contributed by atoms with E-state index in [2.05, 4.69) is 6.92 Å². The van der Waals surface area contributed by atoms with Gasteiger partial charge in [0.2, 0.25) is 10.0 Å². The van der Waals surface area contributed by atoms with Crippen molar-refractivity contribution in [1.82, 2.24) is 4.31 Å². The average Bonchev–Trinajstić information content (AvgIpc) is 2.62. The molecule has 2 N–H and O–H groups in total. The Bertz CT molecular complexity index is 510. The number of nitrogens with zero attached hydrogens (tertiary/aromatic N) is 1. The highest BCUT2D eigenvalue weighted by Crippen LogP contribution is 2.27. The summed E-state index contributed by atoms with van der Waals surface area (Å²) in [4.78, 5) is 0. The molecule has 0 aromatic heterocycles. The molecule has 1 fully saturated rings. The van der Waals surface area contributed by atoms with E-state index in [0.29, 0.717) is 18.2 Å². The molecule has 0 saturated carbocycles. The van der Waals surface area contributed by atoms with Gasteiger partial charge in [0.25, 0.3) is 0 Å². The summed E-state index contributed by atoms with van der Waals surface area (Å²) in [5.41, 5.74) is 7.03. The van der Waals surface area contributed by atoms with Crippen LogP contribution in [0.25, 0.3) is 0 Å². The number of rotatable bonds is 3. The highest BCUT2D eigenvalue weighted by atomic mass is 32.2. The minimum Gasteiger partial charge on any atom is -0.399 e. The molecule has 2 unspecified atom stereocenters. The lowest BCUT2D eigenvalue weighted by Crippen LogP contribution is -2.34. The molecule has 0 bridgehead atoms.